The Morgan fingerprint density at radius 3 is 2.95 bits per heavy atom. The van der Waals surface area contributed by atoms with Crippen LogP contribution in [-0.4, -0.2) is 34.0 Å². The molecule has 104 valence electrons. The Morgan fingerprint density at radius 2 is 2.32 bits per heavy atom. The Hall–Kier alpha value is -0.470. The third kappa shape index (κ3) is 4.00. The Labute approximate surface area is 127 Å². The van der Waals surface area contributed by atoms with E-state index in [4.69, 9.17) is 0 Å². The van der Waals surface area contributed by atoms with Gasteiger partial charge in [0, 0.05) is 41.2 Å². The van der Waals surface area contributed by atoms with Gasteiger partial charge in [0.1, 0.15) is 11.5 Å². The smallest absolute Gasteiger partial charge is 0.293 e. The second-order valence-electron chi connectivity index (χ2n) is 3.99. The third-order valence-corrected chi connectivity index (χ3v) is 6.09. The lowest BCUT2D eigenvalue weighted by Crippen LogP contribution is -2.23. The average molecular weight is 367 g/mol. The molecule has 1 aliphatic heterocycles. The highest BCUT2D eigenvalue weighted by Crippen LogP contribution is 2.31. The van der Waals surface area contributed by atoms with Crippen molar-refractivity contribution in [2.24, 2.45) is 0 Å². The summed E-state index contributed by atoms with van der Waals surface area (Å²) >= 11 is 6.69. The molecular formula is C11H12BrFN2O2S2. The molecule has 0 radical (unpaired) electrons. The number of benzene rings is 1. The largest absolute Gasteiger partial charge is 0.378 e. The number of anilines is 1. The van der Waals surface area contributed by atoms with Crippen molar-refractivity contribution < 1.29 is 9.31 Å². The molecule has 1 atom stereocenters. The molecule has 1 aromatic carbocycles. The van der Waals surface area contributed by atoms with Gasteiger partial charge >= 0.3 is 0 Å². The minimum Gasteiger partial charge on any atom is -0.378 e. The maximum absolute atomic E-state index is 13.5. The van der Waals surface area contributed by atoms with Crippen LogP contribution in [0.3, 0.4) is 0 Å². The summed E-state index contributed by atoms with van der Waals surface area (Å²) in [6, 6.07) is 2.36. The van der Waals surface area contributed by atoms with Crippen molar-refractivity contribution in [2.75, 3.05) is 29.1 Å². The zero-order chi connectivity index (χ0) is 13.8. The van der Waals surface area contributed by atoms with E-state index in [1.54, 1.807) is 0 Å². The van der Waals surface area contributed by atoms with Crippen LogP contribution in [0.5, 0.6) is 0 Å². The minimum atomic E-state index is -0.505. The van der Waals surface area contributed by atoms with Gasteiger partial charge in [-0.3, -0.25) is 10.1 Å². The highest BCUT2D eigenvalue weighted by Gasteiger charge is 2.20. The van der Waals surface area contributed by atoms with Gasteiger partial charge in [0.05, 0.1) is 9.40 Å². The molecule has 2 rings (SSSR count). The SMILES string of the molecule is O=[N+]([O-])c1cc(Br)c(F)cc1NCC1CSCCS1. The van der Waals surface area contributed by atoms with E-state index in [9.17, 15) is 14.5 Å². The first kappa shape index (κ1) is 14.9. The highest BCUT2D eigenvalue weighted by atomic mass is 79.9. The second-order valence-corrected chi connectivity index (χ2v) is 7.40. The van der Waals surface area contributed by atoms with E-state index in [0.717, 1.165) is 17.3 Å². The van der Waals surface area contributed by atoms with Crippen molar-refractivity contribution in [1.29, 1.82) is 0 Å². The van der Waals surface area contributed by atoms with Crippen molar-refractivity contribution in [1.82, 2.24) is 0 Å². The maximum atomic E-state index is 13.5. The number of hydrogen-bond acceptors (Lipinski definition) is 5. The van der Waals surface area contributed by atoms with Gasteiger partial charge in [0.15, 0.2) is 0 Å². The van der Waals surface area contributed by atoms with Crippen molar-refractivity contribution >= 4 is 50.8 Å². The first-order chi connectivity index (χ1) is 9.08. The highest BCUT2D eigenvalue weighted by molar-refractivity contribution is 9.10. The predicted molar refractivity (Wildman–Crippen MR) is 82.8 cm³/mol. The quantitative estimate of drug-likeness (QED) is 0.649. The molecule has 4 nitrogen and oxygen atoms in total. The lowest BCUT2D eigenvalue weighted by atomic mass is 10.2. The Bertz CT molecular complexity index is 484. The number of nitro benzene ring substituents is 1. The molecule has 1 aliphatic rings. The van der Waals surface area contributed by atoms with Gasteiger partial charge in [-0.25, -0.2) is 4.39 Å². The Morgan fingerprint density at radius 1 is 1.53 bits per heavy atom. The lowest BCUT2D eigenvalue weighted by molar-refractivity contribution is -0.384. The van der Waals surface area contributed by atoms with Gasteiger partial charge < -0.3 is 5.32 Å². The molecule has 0 bridgehead atoms. The molecule has 1 N–H and O–H groups in total. The molecular weight excluding hydrogens is 355 g/mol. The zero-order valence-electron chi connectivity index (χ0n) is 9.90. The van der Waals surface area contributed by atoms with Crippen LogP contribution in [0.4, 0.5) is 15.8 Å². The van der Waals surface area contributed by atoms with Gasteiger partial charge in [0.25, 0.3) is 5.69 Å². The summed E-state index contributed by atoms with van der Waals surface area (Å²) in [5.41, 5.74) is 0.128. The Balaban J connectivity index is 2.09. The van der Waals surface area contributed by atoms with Crippen LogP contribution in [0.2, 0.25) is 0 Å². The van der Waals surface area contributed by atoms with E-state index in [1.165, 1.54) is 12.1 Å². The molecule has 8 heteroatoms. The molecule has 0 saturated carbocycles. The van der Waals surface area contributed by atoms with Gasteiger partial charge in [-0.2, -0.15) is 23.5 Å². The molecule has 0 amide bonds. The number of nitro groups is 1. The number of nitrogens with zero attached hydrogens (tertiary/aromatic N) is 1. The number of hydrogen-bond donors (Lipinski definition) is 1. The normalized spacial score (nSPS) is 19.2. The van der Waals surface area contributed by atoms with E-state index in [2.05, 4.69) is 21.2 Å². The van der Waals surface area contributed by atoms with Crippen LogP contribution in [0.25, 0.3) is 0 Å². The third-order valence-electron chi connectivity index (χ3n) is 2.64. The summed E-state index contributed by atoms with van der Waals surface area (Å²) in [7, 11) is 0. The number of nitrogens with one attached hydrogen (secondary N) is 1. The van der Waals surface area contributed by atoms with Crippen LogP contribution in [0, 0.1) is 15.9 Å². The summed E-state index contributed by atoms with van der Waals surface area (Å²) in [6.07, 6.45) is 0. The summed E-state index contributed by atoms with van der Waals surface area (Å²) < 4.78 is 13.6. The molecule has 1 unspecified atom stereocenters. The summed E-state index contributed by atoms with van der Waals surface area (Å²) in [6.45, 7) is 0.611. The van der Waals surface area contributed by atoms with Crippen LogP contribution in [0.15, 0.2) is 16.6 Å². The zero-order valence-corrected chi connectivity index (χ0v) is 13.1. The number of halogens is 2. The maximum Gasteiger partial charge on any atom is 0.293 e. The second kappa shape index (κ2) is 6.81. The molecule has 1 heterocycles. The van der Waals surface area contributed by atoms with Gasteiger partial charge in [-0.1, -0.05) is 0 Å². The first-order valence-corrected chi connectivity index (χ1v) is 8.64. The monoisotopic (exact) mass is 366 g/mol. The molecule has 1 fully saturated rings. The summed E-state index contributed by atoms with van der Waals surface area (Å²) in [5, 5.41) is 14.4. The fraction of sp³-hybridized carbons (Fsp3) is 0.455. The number of rotatable bonds is 4. The van der Waals surface area contributed by atoms with Gasteiger partial charge in [0.2, 0.25) is 0 Å². The molecule has 0 spiro atoms. The fourth-order valence-electron chi connectivity index (χ4n) is 1.71. The van der Waals surface area contributed by atoms with Crippen LogP contribution in [-0.2, 0) is 0 Å². The van der Waals surface area contributed by atoms with Crippen LogP contribution < -0.4 is 5.32 Å². The standard InChI is InChI=1S/C11H12BrFN2O2S2/c12-8-3-11(15(16)17)10(4-9(8)13)14-5-7-6-18-1-2-19-7/h3-4,7,14H,1-2,5-6H2. The fourth-order valence-corrected chi connectivity index (χ4v) is 4.65. The predicted octanol–water partition coefficient (Wildman–Crippen LogP) is 3.76. The van der Waals surface area contributed by atoms with Crippen LogP contribution in [0.1, 0.15) is 0 Å². The van der Waals surface area contributed by atoms with Crippen LogP contribution >= 0.6 is 39.5 Å². The molecule has 1 saturated heterocycles. The first-order valence-electron chi connectivity index (χ1n) is 5.64. The Kier molecular flexibility index (Phi) is 5.35. The van der Waals surface area contributed by atoms with E-state index in [1.807, 2.05) is 23.5 Å². The summed E-state index contributed by atoms with van der Waals surface area (Å²) in [5.74, 6) is 2.76. The molecule has 19 heavy (non-hydrogen) atoms. The minimum absolute atomic E-state index is 0.104. The summed E-state index contributed by atoms with van der Waals surface area (Å²) in [4.78, 5) is 10.4. The number of thioether (sulfide) groups is 2. The van der Waals surface area contributed by atoms with Crippen molar-refractivity contribution in [3.63, 3.8) is 0 Å². The topological polar surface area (TPSA) is 55.2 Å². The van der Waals surface area contributed by atoms with Crippen molar-refractivity contribution in [3.8, 4) is 0 Å². The molecule has 1 aromatic rings. The molecule has 0 aliphatic carbocycles. The average Bonchev–Trinajstić information content (AvgIpc) is 2.40. The van der Waals surface area contributed by atoms with Gasteiger partial charge in [-0.05, 0) is 15.9 Å². The molecule has 0 aromatic heterocycles. The van der Waals surface area contributed by atoms with Gasteiger partial charge in [-0.15, -0.1) is 0 Å². The van der Waals surface area contributed by atoms with E-state index < -0.39 is 10.7 Å². The van der Waals surface area contributed by atoms with E-state index in [-0.39, 0.29) is 15.8 Å². The van der Waals surface area contributed by atoms with Crippen molar-refractivity contribution in [2.45, 2.75) is 5.25 Å². The van der Waals surface area contributed by atoms with E-state index >= 15 is 0 Å². The van der Waals surface area contributed by atoms with E-state index in [0.29, 0.717) is 11.8 Å². The van der Waals surface area contributed by atoms with Crippen molar-refractivity contribution in [3.05, 3.63) is 32.5 Å². The lowest BCUT2D eigenvalue weighted by Gasteiger charge is -2.21.